The summed E-state index contributed by atoms with van der Waals surface area (Å²) in [5.41, 5.74) is 3.03. The standard InChI is InChI=1S/C17H25N3.HI/c1-13-7-9-20(10-8-13)17(18-2)19-12-15-11-14-5-3-4-6-16(14)15;/h3-6,13,15H,7-12H2,1-2H3,(H,18,19);1H. The molecule has 4 heteroatoms. The number of benzene rings is 1. The van der Waals surface area contributed by atoms with Gasteiger partial charge in [-0.25, -0.2) is 0 Å². The van der Waals surface area contributed by atoms with Crippen molar-refractivity contribution < 1.29 is 0 Å². The Hall–Kier alpha value is -0.780. The van der Waals surface area contributed by atoms with E-state index in [9.17, 15) is 0 Å². The number of likely N-dealkylation sites (tertiary alicyclic amines) is 1. The number of hydrogen-bond acceptors (Lipinski definition) is 1. The first-order valence-corrected chi connectivity index (χ1v) is 7.81. The van der Waals surface area contributed by atoms with Gasteiger partial charge in [0, 0.05) is 32.6 Å². The fourth-order valence-electron chi connectivity index (χ4n) is 3.31. The van der Waals surface area contributed by atoms with E-state index in [4.69, 9.17) is 0 Å². The van der Waals surface area contributed by atoms with Crippen LogP contribution in [0.3, 0.4) is 0 Å². The summed E-state index contributed by atoms with van der Waals surface area (Å²) in [6.07, 6.45) is 3.77. The first kappa shape index (κ1) is 16.6. The van der Waals surface area contributed by atoms with Crippen molar-refractivity contribution in [2.75, 3.05) is 26.7 Å². The van der Waals surface area contributed by atoms with Gasteiger partial charge in [-0.15, -0.1) is 24.0 Å². The van der Waals surface area contributed by atoms with Gasteiger partial charge in [-0.3, -0.25) is 4.99 Å². The summed E-state index contributed by atoms with van der Waals surface area (Å²) in [6.45, 7) is 5.64. The van der Waals surface area contributed by atoms with Gasteiger partial charge in [0.25, 0.3) is 0 Å². The molecule has 1 fully saturated rings. The van der Waals surface area contributed by atoms with Crippen LogP contribution in [0.2, 0.25) is 0 Å². The fraction of sp³-hybridized carbons (Fsp3) is 0.588. The molecule has 1 aliphatic heterocycles. The van der Waals surface area contributed by atoms with Gasteiger partial charge in [0.05, 0.1) is 0 Å². The van der Waals surface area contributed by atoms with Crippen molar-refractivity contribution in [1.82, 2.24) is 10.2 Å². The molecular weight excluding hydrogens is 373 g/mol. The second-order valence-electron chi connectivity index (χ2n) is 6.20. The Labute approximate surface area is 145 Å². The molecule has 0 aromatic heterocycles. The maximum Gasteiger partial charge on any atom is 0.193 e. The fourth-order valence-corrected chi connectivity index (χ4v) is 3.31. The third-order valence-corrected chi connectivity index (χ3v) is 4.76. The molecule has 0 spiro atoms. The minimum Gasteiger partial charge on any atom is -0.356 e. The number of piperidine rings is 1. The summed E-state index contributed by atoms with van der Waals surface area (Å²) in [4.78, 5) is 6.86. The van der Waals surface area contributed by atoms with Gasteiger partial charge in [0.1, 0.15) is 0 Å². The van der Waals surface area contributed by atoms with Crippen molar-refractivity contribution >= 4 is 29.9 Å². The zero-order valence-corrected chi connectivity index (χ0v) is 15.3. The molecule has 3 nitrogen and oxygen atoms in total. The van der Waals surface area contributed by atoms with E-state index in [1.54, 1.807) is 0 Å². The maximum absolute atomic E-state index is 4.45. The molecule has 1 unspecified atom stereocenters. The van der Waals surface area contributed by atoms with Crippen molar-refractivity contribution in [2.24, 2.45) is 10.9 Å². The monoisotopic (exact) mass is 399 g/mol. The molecule has 1 atom stereocenters. The Morgan fingerprint density at radius 3 is 2.67 bits per heavy atom. The van der Waals surface area contributed by atoms with E-state index >= 15 is 0 Å². The Morgan fingerprint density at radius 1 is 1.29 bits per heavy atom. The Balaban J connectivity index is 0.00000161. The molecule has 0 amide bonds. The molecule has 21 heavy (non-hydrogen) atoms. The van der Waals surface area contributed by atoms with E-state index in [1.165, 1.54) is 30.4 Å². The lowest BCUT2D eigenvalue weighted by molar-refractivity contribution is 0.273. The van der Waals surface area contributed by atoms with E-state index in [1.807, 2.05) is 7.05 Å². The lowest BCUT2D eigenvalue weighted by Gasteiger charge is -2.35. The average molecular weight is 399 g/mol. The number of hydrogen-bond donors (Lipinski definition) is 1. The second kappa shape index (κ2) is 7.47. The molecule has 1 aromatic rings. The lowest BCUT2D eigenvalue weighted by Crippen LogP contribution is -2.47. The summed E-state index contributed by atoms with van der Waals surface area (Å²) in [7, 11) is 1.90. The predicted octanol–water partition coefficient (Wildman–Crippen LogP) is 3.25. The van der Waals surface area contributed by atoms with Gasteiger partial charge < -0.3 is 10.2 Å². The van der Waals surface area contributed by atoms with Crippen LogP contribution in [-0.2, 0) is 6.42 Å². The van der Waals surface area contributed by atoms with Crippen LogP contribution in [-0.4, -0.2) is 37.5 Å². The van der Waals surface area contributed by atoms with Gasteiger partial charge in [0.15, 0.2) is 5.96 Å². The van der Waals surface area contributed by atoms with Gasteiger partial charge in [0.2, 0.25) is 0 Å². The number of guanidine groups is 1. The normalized spacial score (nSPS) is 22.1. The van der Waals surface area contributed by atoms with E-state index in [0.717, 1.165) is 31.5 Å². The Kier molecular flexibility index (Phi) is 5.90. The summed E-state index contributed by atoms with van der Waals surface area (Å²) in [5.74, 6) is 2.61. The van der Waals surface area contributed by atoms with Crippen LogP contribution in [0.5, 0.6) is 0 Å². The van der Waals surface area contributed by atoms with Crippen molar-refractivity contribution in [3.05, 3.63) is 35.4 Å². The number of aliphatic imine (C=N–C) groups is 1. The second-order valence-corrected chi connectivity index (χ2v) is 6.20. The Morgan fingerprint density at radius 2 is 2.00 bits per heavy atom. The number of fused-ring (bicyclic) bond motifs is 1. The molecule has 116 valence electrons. The van der Waals surface area contributed by atoms with Crippen LogP contribution in [0, 0.1) is 5.92 Å². The van der Waals surface area contributed by atoms with Gasteiger partial charge >= 0.3 is 0 Å². The van der Waals surface area contributed by atoms with Crippen molar-refractivity contribution in [3.63, 3.8) is 0 Å². The molecule has 1 aliphatic carbocycles. The largest absolute Gasteiger partial charge is 0.356 e. The highest BCUT2D eigenvalue weighted by atomic mass is 127. The third kappa shape index (κ3) is 3.71. The molecule has 1 aromatic carbocycles. The molecular formula is C17H26IN3. The molecule has 2 aliphatic rings. The Bertz CT molecular complexity index is 493. The zero-order chi connectivity index (χ0) is 13.9. The number of rotatable bonds is 2. The first-order valence-electron chi connectivity index (χ1n) is 7.81. The average Bonchev–Trinajstić information content (AvgIpc) is 2.45. The number of nitrogens with one attached hydrogen (secondary N) is 1. The summed E-state index contributed by atoms with van der Waals surface area (Å²) in [5, 5.41) is 3.57. The highest BCUT2D eigenvalue weighted by Gasteiger charge is 2.26. The molecule has 1 saturated heterocycles. The summed E-state index contributed by atoms with van der Waals surface area (Å²) in [6, 6.07) is 8.78. The SMILES string of the molecule is CN=C(NCC1Cc2ccccc21)N1CCC(C)CC1.I. The minimum absolute atomic E-state index is 0. The highest BCUT2D eigenvalue weighted by Crippen LogP contribution is 2.34. The topological polar surface area (TPSA) is 27.6 Å². The molecule has 3 rings (SSSR count). The van der Waals surface area contributed by atoms with Crippen LogP contribution in [0.4, 0.5) is 0 Å². The van der Waals surface area contributed by atoms with Crippen LogP contribution in [0.25, 0.3) is 0 Å². The van der Waals surface area contributed by atoms with Crippen LogP contribution >= 0.6 is 24.0 Å². The zero-order valence-electron chi connectivity index (χ0n) is 13.0. The van der Waals surface area contributed by atoms with E-state index in [2.05, 4.69) is 46.4 Å². The smallest absolute Gasteiger partial charge is 0.193 e. The van der Waals surface area contributed by atoms with Crippen molar-refractivity contribution in [1.29, 1.82) is 0 Å². The van der Waals surface area contributed by atoms with E-state index in [0.29, 0.717) is 5.92 Å². The molecule has 0 bridgehead atoms. The van der Waals surface area contributed by atoms with Crippen LogP contribution in [0.1, 0.15) is 36.8 Å². The number of nitrogens with zero attached hydrogens (tertiary/aromatic N) is 2. The van der Waals surface area contributed by atoms with Gasteiger partial charge in [-0.2, -0.15) is 0 Å². The third-order valence-electron chi connectivity index (χ3n) is 4.76. The van der Waals surface area contributed by atoms with Crippen molar-refractivity contribution in [3.8, 4) is 0 Å². The highest BCUT2D eigenvalue weighted by molar-refractivity contribution is 14.0. The molecule has 0 radical (unpaired) electrons. The minimum atomic E-state index is 0. The molecule has 1 N–H and O–H groups in total. The quantitative estimate of drug-likeness (QED) is 0.470. The molecule has 0 saturated carbocycles. The first-order chi connectivity index (χ1) is 9.78. The molecule has 1 heterocycles. The van der Waals surface area contributed by atoms with Crippen LogP contribution in [0.15, 0.2) is 29.3 Å². The van der Waals surface area contributed by atoms with Crippen LogP contribution < -0.4 is 5.32 Å². The summed E-state index contributed by atoms with van der Waals surface area (Å²) < 4.78 is 0. The van der Waals surface area contributed by atoms with Gasteiger partial charge in [-0.1, -0.05) is 31.2 Å². The lowest BCUT2D eigenvalue weighted by atomic mass is 9.78. The number of halogens is 1. The maximum atomic E-state index is 4.45. The van der Waals surface area contributed by atoms with E-state index in [-0.39, 0.29) is 24.0 Å². The summed E-state index contributed by atoms with van der Waals surface area (Å²) >= 11 is 0. The van der Waals surface area contributed by atoms with Crippen molar-refractivity contribution in [2.45, 2.75) is 32.1 Å². The van der Waals surface area contributed by atoms with Gasteiger partial charge in [-0.05, 0) is 36.3 Å². The predicted molar refractivity (Wildman–Crippen MR) is 99.6 cm³/mol. The van der Waals surface area contributed by atoms with E-state index < -0.39 is 0 Å².